The summed E-state index contributed by atoms with van der Waals surface area (Å²) in [5, 5.41) is 18.6. The molecular weight excluding hydrogens is 436 g/mol. The van der Waals surface area contributed by atoms with Crippen LogP contribution in [0, 0.1) is 5.92 Å². The van der Waals surface area contributed by atoms with E-state index in [-0.39, 0.29) is 17.4 Å². The first-order chi connectivity index (χ1) is 16.0. The molecule has 0 aliphatic rings. The van der Waals surface area contributed by atoms with Gasteiger partial charge in [0.05, 0.1) is 40.6 Å². The van der Waals surface area contributed by atoms with Crippen molar-refractivity contribution in [3.63, 3.8) is 0 Å². The molecule has 0 saturated carbocycles. The van der Waals surface area contributed by atoms with Gasteiger partial charge in [-0.15, -0.1) is 0 Å². The summed E-state index contributed by atoms with van der Waals surface area (Å²) in [6.45, 7) is 9.93. The summed E-state index contributed by atoms with van der Waals surface area (Å²) in [5.74, 6) is 1.00. The number of anilines is 1. The van der Waals surface area contributed by atoms with Gasteiger partial charge in [-0.1, -0.05) is 25.1 Å². The fourth-order valence-corrected chi connectivity index (χ4v) is 3.68. The smallest absolute Gasteiger partial charge is 0.261 e. The van der Waals surface area contributed by atoms with Crippen molar-refractivity contribution < 1.29 is 9.63 Å². The fraction of sp³-hybridized carbons (Fsp3) is 0.391. The lowest BCUT2D eigenvalue weighted by Crippen LogP contribution is -2.31. The second kappa shape index (κ2) is 8.49. The van der Waals surface area contributed by atoms with Gasteiger partial charge in [0.15, 0.2) is 11.8 Å². The Kier molecular flexibility index (Phi) is 5.82. The summed E-state index contributed by atoms with van der Waals surface area (Å²) in [7, 11) is 0. The third-order valence-electron chi connectivity index (χ3n) is 5.93. The van der Waals surface area contributed by atoms with Crippen LogP contribution in [0.1, 0.15) is 46.0 Å². The molecule has 1 atom stereocenters. The van der Waals surface area contributed by atoms with Crippen LogP contribution in [0.3, 0.4) is 0 Å². The monoisotopic (exact) mass is 464 g/mol. The Morgan fingerprint density at radius 3 is 2.56 bits per heavy atom. The minimum atomic E-state index is -0.897. The third-order valence-corrected chi connectivity index (χ3v) is 5.93. The molecule has 0 amide bonds. The van der Waals surface area contributed by atoms with E-state index in [0.29, 0.717) is 35.1 Å². The molecule has 4 aromatic rings. The van der Waals surface area contributed by atoms with E-state index in [9.17, 15) is 9.90 Å². The van der Waals surface area contributed by atoms with E-state index in [1.54, 1.807) is 43.2 Å². The highest BCUT2D eigenvalue weighted by Gasteiger charge is 2.38. The molecule has 0 aliphatic carbocycles. The number of aromatic nitrogens is 7. The summed E-state index contributed by atoms with van der Waals surface area (Å²) in [5.41, 5.74) is 6.02. The minimum Gasteiger partial charge on any atom is -0.389 e. The number of H-pyrrole nitrogens is 1. The van der Waals surface area contributed by atoms with E-state index < -0.39 is 11.0 Å². The average molecular weight is 465 g/mol. The number of aromatic amines is 1. The summed E-state index contributed by atoms with van der Waals surface area (Å²) < 4.78 is 7.21. The first-order valence-electron chi connectivity index (χ1n) is 10.9. The molecule has 0 aliphatic heterocycles. The molecule has 0 fully saturated rings. The molecule has 11 nitrogen and oxygen atoms in total. The van der Waals surface area contributed by atoms with Crippen LogP contribution in [0.15, 0.2) is 46.2 Å². The van der Waals surface area contributed by atoms with Crippen molar-refractivity contribution in [3.05, 3.63) is 58.7 Å². The number of pyridine rings is 1. The van der Waals surface area contributed by atoms with Crippen LogP contribution in [0.25, 0.3) is 22.7 Å². The Balaban J connectivity index is 1.66. The number of aliphatic hydroxyl groups is 1. The van der Waals surface area contributed by atoms with Gasteiger partial charge in [0, 0.05) is 18.6 Å². The molecule has 4 rings (SSSR count). The molecule has 0 radical (unpaired) electrons. The quantitative estimate of drug-likeness (QED) is 0.373. The van der Waals surface area contributed by atoms with Crippen LogP contribution in [-0.2, 0) is 12.0 Å². The molecular formula is C23H28N8O3. The van der Waals surface area contributed by atoms with Crippen LogP contribution in [0.4, 0.5) is 5.95 Å². The first kappa shape index (κ1) is 23.3. The van der Waals surface area contributed by atoms with Crippen LogP contribution in [-0.4, -0.2) is 45.6 Å². The lowest BCUT2D eigenvalue weighted by molar-refractivity contribution is 0.0577. The van der Waals surface area contributed by atoms with Gasteiger partial charge in [-0.2, -0.15) is 10.1 Å². The van der Waals surface area contributed by atoms with E-state index >= 15 is 0 Å². The van der Waals surface area contributed by atoms with Crippen molar-refractivity contribution in [3.8, 4) is 22.7 Å². The van der Waals surface area contributed by atoms with Gasteiger partial charge in [-0.05, 0) is 38.3 Å². The highest BCUT2D eigenvalue weighted by Crippen LogP contribution is 2.38. The van der Waals surface area contributed by atoms with E-state index in [4.69, 9.17) is 10.3 Å². The van der Waals surface area contributed by atoms with Crippen LogP contribution in [0.5, 0.6) is 0 Å². The number of nitrogens with one attached hydrogen (secondary N) is 1. The molecule has 4 heterocycles. The molecule has 178 valence electrons. The van der Waals surface area contributed by atoms with Crippen LogP contribution in [0.2, 0.25) is 0 Å². The molecule has 4 aromatic heterocycles. The third kappa shape index (κ3) is 4.46. The van der Waals surface area contributed by atoms with Crippen molar-refractivity contribution in [2.75, 3.05) is 5.73 Å². The Morgan fingerprint density at radius 2 is 1.94 bits per heavy atom. The van der Waals surface area contributed by atoms with E-state index in [0.717, 1.165) is 5.56 Å². The topological polar surface area (TPSA) is 162 Å². The zero-order chi connectivity index (χ0) is 24.7. The number of rotatable bonds is 7. The summed E-state index contributed by atoms with van der Waals surface area (Å²) >= 11 is 0. The minimum absolute atomic E-state index is 0.0521. The largest absolute Gasteiger partial charge is 0.389 e. The second-order valence-corrected chi connectivity index (χ2v) is 9.46. The Labute approximate surface area is 196 Å². The predicted octanol–water partition coefficient (Wildman–Crippen LogP) is 2.39. The number of hydrogen-bond acceptors (Lipinski definition) is 9. The fourth-order valence-electron chi connectivity index (χ4n) is 3.68. The van der Waals surface area contributed by atoms with Gasteiger partial charge in [0.1, 0.15) is 0 Å². The normalized spacial score (nSPS) is 13.9. The molecule has 4 N–H and O–H groups in total. The van der Waals surface area contributed by atoms with E-state index in [2.05, 4.69) is 44.0 Å². The molecule has 34 heavy (non-hydrogen) atoms. The lowest BCUT2D eigenvalue weighted by atomic mass is 9.73. The number of nitrogens with zero attached hydrogens (tertiary/aromatic N) is 6. The van der Waals surface area contributed by atoms with Crippen molar-refractivity contribution in [2.45, 2.75) is 52.2 Å². The van der Waals surface area contributed by atoms with Crippen molar-refractivity contribution in [1.82, 2.24) is 34.9 Å². The first-order valence-corrected chi connectivity index (χ1v) is 10.9. The summed E-state index contributed by atoms with van der Waals surface area (Å²) in [4.78, 5) is 27.8. The van der Waals surface area contributed by atoms with Gasteiger partial charge in [-0.3, -0.25) is 19.4 Å². The van der Waals surface area contributed by atoms with Crippen LogP contribution < -0.4 is 11.3 Å². The van der Waals surface area contributed by atoms with Crippen LogP contribution >= 0.6 is 0 Å². The zero-order valence-corrected chi connectivity index (χ0v) is 19.8. The Hall–Kier alpha value is -3.86. The predicted molar refractivity (Wildman–Crippen MR) is 126 cm³/mol. The number of hydrogen-bond donors (Lipinski definition) is 3. The van der Waals surface area contributed by atoms with E-state index in [1.807, 2.05) is 13.0 Å². The summed E-state index contributed by atoms with van der Waals surface area (Å²) in [6.07, 6.45) is 6.50. The van der Waals surface area contributed by atoms with Crippen molar-refractivity contribution in [2.24, 2.45) is 5.92 Å². The Bertz CT molecular complexity index is 1350. The molecule has 0 unspecified atom stereocenters. The Morgan fingerprint density at radius 1 is 1.18 bits per heavy atom. The maximum Gasteiger partial charge on any atom is 0.261 e. The van der Waals surface area contributed by atoms with Gasteiger partial charge in [-0.25, -0.2) is 4.98 Å². The highest BCUT2D eigenvalue weighted by atomic mass is 16.5. The van der Waals surface area contributed by atoms with Gasteiger partial charge >= 0.3 is 0 Å². The number of nitrogens with two attached hydrogens (primary N) is 1. The van der Waals surface area contributed by atoms with Crippen molar-refractivity contribution >= 4 is 5.95 Å². The molecule has 11 heteroatoms. The standard InChI is InChI=1S/C23H28N8O3/c1-13(2)23(5,15-6-7-17(25-9-15)16-10-26-21(24)28-18(16)32)20-29-19(34-30-20)14-8-27-31(11-14)12-22(3,4)33/h6-11,13,33H,12H2,1-5H3,(H3,24,26,28,32)/t23-/m0/s1. The molecule has 0 spiro atoms. The maximum atomic E-state index is 12.2. The molecule has 0 aromatic carbocycles. The number of nitrogen functional groups attached to an aromatic ring is 1. The SMILES string of the molecule is CC(C)[C@@](C)(c1ccc(-c2cnc(N)[nH]c2=O)nc1)c1noc(-c2cnn(CC(C)(C)O)c2)n1. The average Bonchev–Trinajstić information content (AvgIpc) is 3.42. The maximum absolute atomic E-state index is 12.2. The molecule has 0 bridgehead atoms. The van der Waals surface area contributed by atoms with Gasteiger partial charge in [0.2, 0.25) is 0 Å². The van der Waals surface area contributed by atoms with E-state index in [1.165, 1.54) is 6.20 Å². The second-order valence-electron chi connectivity index (χ2n) is 9.46. The van der Waals surface area contributed by atoms with Gasteiger partial charge in [0.25, 0.3) is 11.4 Å². The lowest BCUT2D eigenvalue weighted by Gasteiger charge is -2.30. The van der Waals surface area contributed by atoms with Gasteiger partial charge < -0.3 is 15.4 Å². The molecule has 0 saturated heterocycles. The summed E-state index contributed by atoms with van der Waals surface area (Å²) in [6, 6.07) is 3.66. The zero-order valence-electron chi connectivity index (χ0n) is 19.8. The highest BCUT2D eigenvalue weighted by molar-refractivity contribution is 5.58. The van der Waals surface area contributed by atoms with Crippen molar-refractivity contribution in [1.29, 1.82) is 0 Å².